The number of aliphatic hydroxyl groups excluding tert-OH is 1. The minimum absolute atomic E-state index is 0.0485. The van der Waals surface area contributed by atoms with E-state index in [-0.39, 0.29) is 29.9 Å². The first-order valence-electron chi connectivity index (χ1n) is 13.2. The van der Waals surface area contributed by atoms with Crippen molar-refractivity contribution in [3.05, 3.63) is 53.1 Å². The summed E-state index contributed by atoms with van der Waals surface area (Å²) in [6, 6.07) is 5.89. The van der Waals surface area contributed by atoms with E-state index in [2.05, 4.69) is 4.74 Å². The lowest BCUT2D eigenvalue weighted by Gasteiger charge is -2.34. The average molecular weight is 562 g/mol. The number of aromatic nitrogens is 2. The van der Waals surface area contributed by atoms with Gasteiger partial charge in [-0.2, -0.15) is 8.78 Å². The Kier molecular flexibility index (Phi) is 7.63. The molecule has 1 saturated carbocycles. The first kappa shape index (κ1) is 27.8. The Morgan fingerprint density at radius 3 is 2.62 bits per heavy atom. The normalized spacial score (nSPS) is 21.8. The lowest BCUT2D eigenvalue weighted by atomic mass is 9.85. The minimum atomic E-state index is -3.21. The molecule has 1 aromatic heterocycles. The molecule has 40 heavy (non-hydrogen) atoms. The molecule has 1 aliphatic carbocycles. The monoisotopic (exact) mass is 561 g/mol. The molecule has 9 nitrogen and oxygen atoms in total. The van der Waals surface area contributed by atoms with Gasteiger partial charge >= 0.3 is 18.7 Å². The number of methoxy groups -OCH3 is 1. The Hall–Kier alpha value is -3.80. The number of imidazole rings is 1. The van der Waals surface area contributed by atoms with E-state index in [0.717, 1.165) is 23.8 Å². The summed E-state index contributed by atoms with van der Waals surface area (Å²) in [5.74, 6) is -2.65. The van der Waals surface area contributed by atoms with E-state index in [0.29, 0.717) is 48.8 Å². The number of amides is 1. The number of hydrogen-bond acceptors (Lipinski definition) is 6. The lowest BCUT2D eigenvalue weighted by molar-refractivity contribution is -0.143. The van der Waals surface area contributed by atoms with Crippen LogP contribution in [0.2, 0.25) is 0 Å². The number of ether oxygens (including phenoxy) is 2. The number of carboxylic acids is 1. The Morgan fingerprint density at radius 2 is 1.93 bits per heavy atom. The van der Waals surface area contributed by atoms with Crippen molar-refractivity contribution in [3.63, 3.8) is 0 Å². The van der Waals surface area contributed by atoms with Crippen LogP contribution >= 0.6 is 0 Å². The SMILES string of the molecule is COC(=O)N1c2ccc3c(nc([C@H](O)c4cc(F)ccc4OC(F)F)n3C3CCC[C@H](C(=O)O)C3)c2CC[C@H]1C. The third kappa shape index (κ3) is 4.96. The van der Waals surface area contributed by atoms with Crippen molar-refractivity contribution in [1.29, 1.82) is 0 Å². The highest BCUT2D eigenvalue weighted by atomic mass is 19.3. The van der Waals surface area contributed by atoms with Gasteiger partial charge in [0.2, 0.25) is 0 Å². The maximum atomic E-state index is 14.3. The fourth-order valence-corrected chi connectivity index (χ4v) is 6.07. The average Bonchev–Trinajstić information content (AvgIpc) is 3.33. The van der Waals surface area contributed by atoms with Crippen LogP contribution in [0, 0.1) is 11.7 Å². The molecule has 1 amide bonds. The highest BCUT2D eigenvalue weighted by Gasteiger charge is 2.36. The van der Waals surface area contributed by atoms with Crippen molar-refractivity contribution >= 4 is 28.8 Å². The van der Waals surface area contributed by atoms with Crippen molar-refractivity contribution in [1.82, 2.24) is 9.55 Å². The van der Waals surface area contributed by atoms with Gasteiger partial charge < -0.3 is 24.3 Å². The molecule has 0 bridgehead atoms. The molecule has 1 fully saturated rings. The van der Waals surface area contributed by atoms with Crippen molar-refractivity contribution < 1.29 is 42.4 Å². The summed E-state index contributed by atoms with van der Waals surface area (Å²) in [5.41, 5.74) is 2.18. The second-order valence-corrected chi connectivity index (χ2v) is 10.3. The number of halogens is 3. The molecule has 2 heterocycles. The maximum Gasteiger partial charge on any atom is 0.414 e. The summed E-state index contributed by atoms with van der Waals surface area (Å²) in [5, 5.41) is 21.3. The van der Waals surface area contributed by atoms with E-state index in [1.54, 1.807) is 16.7 Å². The number of rotatable bonds is 6. The van der Waals surface area contributed by atoms with Crippen molar-refractivity contribution in [2.75, 3.05) is 12.0 Å². The van der Waals surface area contributed by atoms with Crippen LogP contribution in [-0.2, 0) is 16.0 Å². The number of alkyl halides is 2. The highest BCUT2D eigenvalue weighted by Crippen LogP contribution is 2.43. The molecule has 2 aliphatic rings. The number of carboxylic acid groups (broad SMARTS) is 1. The van der Waals surface area contributed by atoms with Crippen LogP contribution in [0.3, 0.4) is 0 Å². The second kappa shape index (κ2) is 11.0. The van der Waals surface area contributed by atoms with Gasteiger partial charge in [0.1, 0.15) is 23.5 Å². The zero-order valence-electron chi connectivity index (χ0n) is 22.0. The van der Waals surface area contributed by atoms with Crippen molar-refractivity contribution in [2.24, 2.45) is 5.92 Å². The minimum Gasteiger partial charge on any atom is -0.481 e. The summed E-state index contributed by atoms with van der Waals surface area (Å²) in [7, 11) is 1.30. The zero-order valence-corrected chi connectivity index (χ0v) is 22.0. The van der Waals surface area contributed by atoms with Gasteiger partial charge in [-0.25, -0.2) is 14.2 Å². The van der Waals surface area contributed by atoms with Crippen molar-refractivity contribution in [3.8, 4) is 5.75 Å². The molecule has 2 aromatic carbocycles. The molecule has 2 N–H and O–H groups in total. The zero-order chi connectivity index (χ0) is 28.7. The quantitative estimate of drug-likeness (QED) is 0.404. The van der Waals surface area contributed by atoms with Crippen LogP contribution in [0.1, 0.15) is 68.1 Å². The first-order valence-corrected chi connectivity index (χ1v) is 13.2. The van der Waals surface area contributed by atoms with E-state index < -0.39 is 42.3 Å². The molecule has 0 spiro atoms. The number of benzene rings is 2. The largest absolute Gasteiger partial charge is 0.481 e. The Morgan fingerprint density at radius 1 is 1.15 bits per heavy atom. The van der Waals surface area contributed by atoms with E-state index >= 15 is 0 Å². The molecule has 5 rings (SSSR count). The summed E-state index contributed by atoms with van der Waals surface area (Å²) < 4.78 is 51.9. The molecule has 1 aliphatic heterocycles. The Bertz CT molecular complexity index is 1440. The standard InChI is InChI=1S/C28H30F3N3O6/c1-14-6-8-18-20(33(14)28(38)39-2)9-10-21-23(18)32-25(34(21)17-5-3-4-15(12-17)26(36)37)24(35)19-13-16(29)7-11-22(19)40-27(30)31/h7,9-11,13-15,17,24,27,35H,3-6,8,12H2,1-2H3,(H,36,37)/t14-,15+,17?,24-/m1/s1. The van der Waals surface area contributed by atoms with Crippen LogP contribution in [0.15, 0.2) is 30.3 Å². The molecule has 0 saturated heterocycles. The van der Waals surface area contributed by atoms with Gasteiger partial charge in [0.25, 0.3) is 0 Å². The topological polar surface area (TPSA) is 114 Å². The number of carbonyl (C=O) groups excluding carboxylic acids is 1. The fourth-order valence-electron chi connectivity index (χ4n) is 6.07. The van der Waals surface area contributed by atoms with Crippen LogP contribution in [0.4, 0.5) is 23.7 Å². The molecule has 214 valence electrons. The Labute approximate surface area is 228 Å². The lowest BCUT2D eigenvalue weighted by Crippen LogP contribution is -2.42. The van der Waals surface area contributed by atoms with E-state index in [9.17, 15) is 33.0 Å². The van der Waals surface area contributed by atoms with Gasteiger partial charge in [-0.05, 0) is 69.4 Å². The molecule has 1 unspecified atom stereocenters. The summed E-state index contributed by atoms with van der Waals surface area (Å²) in [4.78, 5) is 30.8. The predicted octanol–water partition coefficient (Wildman–Crippen LogP) is 5.58. The smallest absolute Gasteiger partial charge is 0.414 e. The van der Waals surface area contributed by atoms with Gasteiger partial charge in [0.15, 0.2) is 0 Å². The number of aliphatic hydroxyl groups is 1. The first-order chi connectivity index (χ1) is 19.1. The van der Waals surface area contributed by atoms with Gasteiger partial charge in [0, 0.05) is 23.2 Å². The van der Waals surface area contributed by atoms with Crippen LogP contribution in [0.5, 0.6) is 5.75 Å². The molecular weight excluding hydrogens is 531 g/mol. The van der Waals surface area contributed by atoms with Gasteiger partial charge in [0.05, 0.1) is 29.7 Å². The third-order valence-corrected chi connectivity index (χ3v) is 7.94. The summed E-state index contributed by atoms with van der Waals surface area (Å²) >= 11 is 0. The molecule has 0 radical (unpaired) electrons. The van der Waals surface area contributed by atoms with Crippen molar-refractivity contribution in [2.45, 2.75) is 70.2 Å². The van der Waals surface area contributed by atoms with E-state index in [1.165, 1.54) is 12.0 Å². The van der Waals surface area contributed by atoms with Gasteiger partial charge in [-0.1, -0.05) is 6.42 Å². The molecular formula is C28H30F3N3O6. The summed E-state index contributed by atoms with van der Waals surface area (Å²) in [6.45, 7) is -1.30. The Balaban J connectivity index is 1.71. The summed E-state index contributed by atoms with van der Waals surface area (Å²) in [6.07, 6.45) is 0.980. The molecule has 4 atom stereocenters. The number of carbonyl (C=O) groups is 2. The number of nitrogens with zero attached hydrogens (tertiary/aromatic N) is 3. The number of anilines is 1. The number of aryl methyl sites for hydroxylation is 1. The molecule has 3 aromatic rings. The van der Waals surface area contributed by atoms with Crippen LogP contribution < -0.4 is 9.64 Å². The van der Waals surface area contributed by atoms with E-state index in [1.807, 2.05) is 6.92 Å². The number of aliphatic carboxylic acids is 1. The third-order valence-electron chi connectivity index (χ3n) is 7.94. The van der Waals surface area contributed by atoms with E-state index in [4.69, 9.17) is 9.72 Å². The van der Waals surface area contributed by atoms with Gasteiger partial charge in [-0.15, -0.1) is 0 Å². The predicted molar refractivity (Wildman–Crippen MR) is 138 cm³/mol. The van der Waals surface area contributed by atoms with Crippen LogP contribution in [-0.4, -0.2) is 51.6 Å². The number of hydrogen-bond donors (Lipinski definition) is 2. The van der Waals surface area contributed by atoms with Gasteiger partial charge in [-0.3, -0.25) is 9.69 Å². The highest BCUT2D eigenvalue weighted by molar-refractivity contribution is 5.95. The maximum absolute atomic E-state index is 14.3. The van der Waals surface area contributed by atoms with Crippen LogP contribution in [0.25, 0.3) is 11.0 Å². The second-order valence-electron chi connectivity index (χ2n) is 10.3. The molecule has 12 heteroatoms. The number of fused-ring (bicyclic) bond motifs is 3. The fraction of sp³-hybridized carbons (Fsp3) is 0.464.